The summed E-state index contributed by atoms with van der Waals surface area (Å²) in [5.74, 6) is -0.449. The van der Waals surface area contributed by atoms with E-state index < -0.39 is 39.4 Å². The molecule has 0 aliphatic rings. The molecule has 9 heteroatoms. The van der Waals surface area contributed by atoms with Crippen molar-refractivity contribution < 1.29 is 31.7 Å². The SMILES string of the molecule is CC(C)(C)OC(=O)N[C@@H](Cc1ccc(OS(C)(=O)=O)cc1)C(=O)OC(C)(C)C. The van der Waals surface area contributed by atoms with E-state index in [4.69, 9.17) is 13.7 Å². The van der Waals surface area contributed by atoms with E-state index in [0.29, 0.717) is 5.56 Å². The normalized spacial score (nSPS) is 13.4. The molecule has 1 aromatic carbocycles. The number of benzene rings is 1. The average molecular weight is 416 g/mol. The topological polar surface area (TPSA) is 108 Å². The van der Waals surface area contributed by atoms with Crippen molar-refractivity contribution in [3.63, 3.8) is 0 Å². The summed E-state index contributed by atoms with van der Waals surface area (Å²) in [6.45, 7) is 10.3. The van der Waals surface area contributed by atoms with Gasteiger partial charge in [-0.3, -0.25) is 0 Å². The molecular formula is C19H29NO7S. The van der Waals surface area contributed by atoms with E-state index in [2.05, 4.69) is 5.32 Å². The molecule has 0 spiro atoms. The summed E-state index contributed by atoms with van der Waals surface area (Å²) in [5.41, 5.74) is -0.765. The lowest BCUT2D eigenvalue weighted by Gasteiger charge is -2.26. The highest BCUT2D eigenvalue weighted by molar-refractivity contribution is 7.86. The molecule has 0 radical (unpaired) electrons. The standard InChI is InChI=1S/C19H29NO7S/c1-18(2,3)25-16(21)15(20-17(22)26-19(4,5)6)12-13-8-10-14(11-9-13)27-28(7,23)24/h8-11,15H,12H2,1-7H3,(H,20,22)/t15-/m0/s1. The third-order valence-electron chi connectivity index (χ3n) is 2.99. The van der Waals surface area contributed by atoms with Gasteiger partial charge in [-0.15, -0.1) is 0 Å². The second-order valence-corrected chi connectivity index (χ2v) is 9.94. The van der Waals surface area contributed by atoms with Crippen LogP contribution in [-0.4, -0.2) is 44.0 Å². The molecule has 0 aliphatic heterocycles. The molecule has 158 valence electrons. The Kier molecular flexibility index (Phi) is 7.47. The first-order valence-corrected chi connectivity index (χ1v) is 10.6. The summed E-state index contributed by atoms with van der Waals surface area (Å²) < 4.78 is 37.7. The zero-order chi connectivity index (χ0) is 21.8. The van der Waals surface area contributed by atoms with Crippen LogP contribution in [0.1, 0.15) is 47.1 Å². The molecule has 0 fully saturated rings. The summed E-state index contributed by atoms with van der Waals surface area (Å²) >= 11 is 0. The fourth-order valence-corrected chi connectivity index (χ4v) is 2.57. The minimum Gasteiger partial charge on any atom is -0.458 e. The van der Waals surface area contributed by atoms with Crippen molar-refractivity contribution in [3.05, 3.63) is 29.8 Å². The molecule has 0 unspecified atom stereocenters. The number of ether oxygens (including phenoxy) is 2. The molecule has 1 atom stereocenters. The van der Waals surface area contributed by atoms with E-state index in [1.807, 2.05) is 0 Å². The van der Waals surface area contributed by atoms with Gasteiger partial charge in [0.25, 0.3) is 0 Å². The lowest BCUT2D eigenvalue weighted by molar-refractivity contribution is -0.157. The molecule has 1 aromatic rings. The Hall–Kier alpha value is -2.29. The summed E-state index contributed by atoms with van der Waals surface area (Å²) in [6.07, 6.45) is 0.345. The third kappa shape index (κ3) is 10.1. The van der Waals surface area contributed by atoms with Crippen LogP contribution in [0.3, 0.4) is 0 Å². The van der Waals surface area contributed by atoms with Gasteiger partial charge in [-0.25, -0.2) is 9.59 Å². The third-order valence-corrected chi connectivity index (χ3v) is 3.49. The Labute approximate surface area is 166 Å². The number of hydrogen-bond acceptors (Lipinski definition) is 7. The fraction of sp³-hybridized carbons (Fsp3) is 0.579. The van der Waals surface area contributed by atoms with E-state index in [1.165, 1.54) is 12.1 Å². The van der Waals surface area contributed by atoms with Gasteiger partial charge in [-0.1, -0.05) is 12.1 Å². The number of alkyl carbamates (subject to hydrolysis) is 1. The Morgan fingerprint density at radius 3 is 1.89 bits per heavy atom. The number of hydrogen-bond donors (Lipinski definition) is 1. The van der Waals surface area contributed by atoms with Gasteiger partial charge in [0.1, 0.15) is 23.0 Å². The first-order chi connectivity index (χ1) is 12.5. The lowest BCUT2D eigenvalue weighted by atomic mass is 10.1. The Balaban J connectivity index is 2.95. The van der Waals surface area contributed by atoms with E-state index in [9.17, 15) is 18.0 Å². The van der Waals surface area contributed by atoms with E-state index in [1.54, 1.807) is 53.7 Å². The van der Waals surface area contributed by atoms with Crippen molar-refractivity contribution in [2.24, 2.45) is 0 Å². The van der Waals surface area contributed by atoms with E-state index in [-0.39, 0.29) is 12.2 Å². The maximum absolute atomic E-state index is 12.5. The maximum Gasteiger partial charge on any atom is 0.408 e. The number of carbonyl (C=O) groups excluding carboxylic acids is 2. The second kappa shape index (κ2) is 8.81. The van der Waals surface area contributed by atoms with Crippen molar-refractivity contribution in [3.8, 4) is 5.75 Å². The van der Waals surface area contributed by atoms with Gasteiger partial charge >= 0.3 is 22.2 Å². The minimum absolute atomic E-state index is 0.132. The van der Waals surface area contributed by atoms with Gasteiger partial charge in [-0.05, 0) is 59.2 Å². The second-order valence-electron chi connectivity index (χ2n) is 8.37. The van der Waals surface area contributed by atoms with Gasteiger partial charge < -0.3 is 19.0 Å². The molecule has 0 aromatic heterocycles. The van der Waals surface area contributed by atoms with Gasteiger partial charge in [0.2, 0.25) is 0 Å². The summed E-state index contributed by atoms with van der Waals surface area (Å²) in [6, 6.07) is 5.17. The van der Waals surface area contributed by atoms with Gasteiger partial charge in [0.05, 0.1) is 6.26 Å². The summed E-state index contributed by atoms with van der Waals surface area (Å²) in [4.78, 5) is 24.6. The maximum atomic E-state index is 12.5. The number of esters is 1. The van der Waals surface area contributed by atoms with Crippen LogP contribution in [-0.2, 0) is 30.8 Å². The zero-order valence-electron chi connectivity index (χ0n) is 17.4. The molecule has 1 rings (SSSR count). The number of carbonyl (C=O) groups is 2. The van der Waals surface area contributed by atoms with Crippen LogP contribution in [0, 0.1) is 0 Å². The van der Waals surface area contributed by atoms with Crippen LogP contribution in [0.15, 0.2) is 24.3 Å². The van der Waals surface area contributed by atoms with Crippen LogP contribution in [0.25, 0.3) is 0 Å². The molecule has 0 aliphatic carbocycles. The van der Waals surface area contributed by atoms with Crippen molar-refractivity contribution in [1.29, 1.82) is 0 Å². The average Bonchev–Trinajstić information content (AvgIpc) is 2.43. The van der Waals surface area contributed by atoms with Crippen LogP contribution < -0.4 is 9.50 Å². The van der Waals surface area contributed by atoms with E-state index in [0.717, 1.165) is 6.26 Å². The number of amides is 1. The molecule has 1 amide bonds. The monoisotopic (exact) mass is 415 g/mol. The van der Waals surface area contributed by atoms with Crippen LogP contribution in [0.2, 0.25) is 0 Å². The Morgan fingerprint density at radius 2 is 1.46 bits per heavy atom. The molecule has 1 N–H and O–H groups in total. The van der Waals surface area contributed by atoms with Crippen molar-refractivity contribution in [2.75, 3.05) is 6.26 Å². The molecule has 0 saturated heterocycles. The van der Waals surface area contributed by atoms with Gasteiger partial charge in [-0.2, -0.15) is 8.42 Å². The smallest absolute Gasteiger partial charge is 0.408 e. The molecule has 8 nitrogen and oxygen atoms in total. The molecule has 0 saturated carbocycles. The molecule has 28 heavy (non-hydrogen) atoms. The molecular weight excluding hydrogens is 386 g/mol. The Bertz CT molecular complexity index is 787. The fourth-order valence-electron chi connectivity index (χ4n) is 2.11. The number of nitrogens with one attached hydrogen (secondary N) is 1. The zero-order valence-corrected chi connectivity index (χ0v) is 18.2. The highest BCUT2D eigenvalue weighted by Gasteiger charge is 2.29. The van der Waals surface area contributed by atoms with Crippen molar-refractivity contribution in [1.82, 2.24) is 5.32 Å². The first-order valence-electron chi connectivity index (χ1n) is 8.75. The van der Waals surface area contributed by atoms with Gasteiger partial charge in [0, 0.05) is 6.42 Å². The summed E-state index contributed by atoms with van der Waals surface area (Å²) in [7, 11) is -3.63. The predicted molar refractivity (Wildman–Crippen MR) is 105 cm³/mol. The molecule has 0 bridgehead atoms. The molecule has 0 heterocycles. The van der Waals surface area contributed by atoms with Crippen molar-refractivity contribution in [2.45, 2.75) is 65.2 Å². The highest BCUT2D eigenvalue weighted by atomic mass is 32.2. The first kappa shape index (κ1) is 23.7. The summed E-state index contributed by atoms with van der Waals surface area (Å²) in [5, 5.41) is 2.53. The van der Waals surface area contributed by atoms with Gasteiger partial charge in [0.15, 0.2) is 0 Å². The largest absolute Gasteiger partial charge is 0.458 e. The number of rotatable bonds is 6. The van der Waals surface area contributed by atoms with Crippen molar-refractivity contribution >= 4 is 22.2 Å². The van der Waals surface area contributed by atoms with E-state index >= 15 is 0 Å². The highest BCUT2D eigenvalue weighted by Crippen LogP contribution is 2.17. The minimum atomic E-state index is -3.63. The quantitative estimate of drug-likeness (QED) is 0.562. The van der Waals surface area contributed by atoms with Crippen LogP contribution in [0.5, 0.6) is 5.75 Å². The Morgan fingerprint density at radius 1 is 0.964 bits per heavy atom. The predicted octanol–water partition coefficient (Wildman–Crippen LogP) is 2.80. The lowest BCUT2D eigenvalue weighted by Crippen LogP contribution is -2.47. The van der Waals surface area contributed by atoms with Crippen LogP contribution in [0.4, 0.5) is 4.79 Å². The van der Waals surface area contributed by atoms with Crippen LogP contribution >= 0.6 is 0 Å².